The van der Waals surface area contributed by atoms with Crippen LogP contribution in [0.15, 0.2) is 42.7 Å². The van der Waals surface area contributed by atoms with E-state index in [1.54, 1.807) is 0 Å². The molecule has 2 amide bonds. The van der Waals surface area contributed by atoms with Crippen molar-refractivity contribution in [2.75, 3.05) is 11.4 Å². The number of primary amides is 1. The molecule has 0 radical (unpaired) electrons. The largest absolute Gasteiger partial charge is 0.351 e. The van der Waals surface area contributed by atoms with Gasteiger partial charge < -0.3 is 5.73 Å². The highest BCUT2D eigenvalue weighted by molar-refractivity contribution is 5.88. The predicted octanol–water partition coefficient (Wildman–Crippen LogP) is 3.47. The number of carbonyl (C=O) groups is 1. The fourth-order valence-corrected chi connectivity index (χ4v) is 3.38. The summed E-state index contributed by atoms with van der Waals surface area (Å²) in [6, 6.07) is 9.92. The van der Waals surface area contributed by atoms with Crippen LogP contribution in [0.1, 0.15) is 37.2 Å². The summed E-state index contributed by atoms with van der Waals surface area (Å²) in [6.45, 7) is 0.475. The van der Waals surface area contributed by atoms with Crippen molar-refractivity contribution >= 4 is 12.0 Å². The molecular formula is C18H21FN4O. The maximum atomic E-state index is 13.0. The van der Waals surface area contributed by atoms with Crippen LogP contribution in [0.25, 0.3) is 0 Å². The molecule has 0 saturated heterocycles. The smallest absolute Gasteiger partial charge is 0.321 e. The van der Waals surface area contributed by atoms with E-state index in [1.807, 2.05) is 6.07 Å². The molecular weight excluding hydrogens is 307 g/mol. The first-order valence-electron chi connectivity index (χ1n) is 8.23. The molecule has 3 rings (SSSR count). The fraction of sp³-hybridized carbons (Fsp3) is 0.389. The molecule has 2 N–H and O–H groups in total. The van der Waals surface area contributed by atoms with Crippen molar-refractivity contribution < 1.29 is 9.18 Å². The van der Waals surface area contributed by atoms with Crippen LogP contribution >= 0.6 is 0 Å². The summed E-state index contributed by atoms with van der Waals surface area (Å²) in [6.07, 6.45) is 6.31. The molecule has 24 heavy (non-hydrogen) atoms. The van der Waals surface area contributed by atoms with Crippen LogP contribution in [0.5, 0.6) is 0 Å². The zero-order chi connectivity index (χ0) is 16.9. The van der Waals surface area contributed by atoms with Gasteiger partial charge in [-0.15, -0.1) is 0 Å². The quantitative estimate of drug-likeness (QED) is 0.934. The van der Waals surface area contributed by atoms with E-state index < -0.39 is 11.8 Å². The molecule has 5 nitrogen and oxygen atoms in total. The summed E-state index contributed by atoms with van der Waals surface area (Å²) in [5, 5.41) is 0. The van der Waals surface area contributed by atoms with Gasteiger partial charge in [-0.05, 0) is 43.1 Å². The molecule has 6 heteroatoms. The topological polar surface area (TPSA) is 72.1 Å². The van der Waals surface area contributed by atoms with E-state index in [2.05, 4.69) is 34.2 Å². The van der Waals surface area contributed by atoms with Crippen molar-refractivity contribution in [3.63, 3.8) is 0 Å². The van der Waals surface area contributed by atoms with E-state index in [-0.39, 0.29) is 5.95 Å². The zero-order valence-corrected chi connectivity index (χ0v) is 13.4. The Balaban J connectivity index is 1.61. The zero-order valence-electron chi connectivity index (χ0n) is 13.4. The van der Waals surface area contributed by atoms with E-state index in [1.165, 1.54) is 10.5 Å². The lowest BCUT2D eigenvalue weighted by Gasteiger charge is -2.31. The van der Waals surface area contributed by atoms with Crippen molar-refractivity contribution in [1.82, 2.24) is 9.97 Å². The van der Waals surface area contributed by atoms with E-state index in [0.29, 0.717) is 18.4 Å². The number of hydrogen-bond acceptors (Lipinski definition) is 3. The summed E-state index contributed by atoms with van der Waals surface area (Å²) in [7, 11) is 0. The van der Waals surface area contributed by atoms with Gasteiger partial charge in [0.1, 0.15) is 0 Å². The maximum Gasteiger partial charge on any atom is 0.321 e. The second-order valence-corrected chi connectivity index (χ2v) is 6.28. The highest BCUT2D eigenvalue weighted by atomic mass is 19.1. The normalized spacial score (nSPS) is 20.5. The van der Waals surface area contributed by atoms with Gasteiger partial charge in [0, 0.05) is 6.54 Å². The molecule has 1 saturated carbocycles. The Labute approximate surface area is 140 Å². The highest BCUT2D eigenvalue weighted by Crippen LogP contribution is 2.36. The Morgan fingerprint density at radius 1 is 1.12 bits per heavy atom. The van der Waals surface area contributed by atoms with Crippen molar-refractivity contribution in [3.05, 3.63) is 54.1 Å². The Bertz CT molecular complexity index is 669. The number of urea groups is 1. The van der Waals surface area contributed by atoms with Crippen molar-refractivity contribution in [2.24, 2.45) is 11.7 Å². The van der Waals surface area contributed by atoms with Gasteiger partial charge >= 0.3 is 6.03 Å². The molecule has 0 aliphatic heterocycles. The van der Waals surface area contributed by atoms with Crippen molar-refractivity contribution in [3.8, 4) is 0 Å². The minimum absolute atomic E-state index is 0.161. The Kier molecular flexibility index (Phi) is 5.03. The molecule has 1 aromatic carbocycles. The fourth-order valence-electron chi connectivity index (χ4n) is 3.38. The molecule has 126 valence electrons. The monoisotopic (exact) mass is 328 g/mol. The predicted molar refractivity (Wildman–Crippen MR) is 90.1 cm³/mol. The minimum atomic E-state index is -0.605. The average molecular weight is 328 g/mol. The van der Waals surface area contributed by atoms with E-state index in [9.17, 15) is 9.18 Å². The maximum absolute atomic E-state index is 13.0. The van der Waals surface area contributed by atoms with Gasteiger partial charge in [0.05, 0.1) is 12.4 Å². The van der Waals surface area contributed by atoms with Crippen LogP contribution < -0.4 is 10.6 Å². The van der Waals surface area contributed by atoms with E-state index >= 15 is 0 Å². The lowest BCUT2D eigenvalue weighted by Crippen LogP contribution is -2.41. The lowest BCUT2D eigenvalue weighted by molar-refractivity contribution is 0.249. The number of anilines is 1. The lowest BCUT2D eigenvalue weighted by atomic mass is 9.78. The van der Waals surface area contributed by atoms with Gasteiger partial charge in [-0.2, -0.15) is 0 Å². The second-order valence-electron chi connectivity index (χ2n) is 6.28. The highest BCUT2D eigenvalue weighted by Gasteiger charge is 2.26. The van der Waals surface area contributed by atoms with Crippen LogP contribution in [0.2, 0.25) is 0 Å². The number of rotatable bonds is 4. The van der Waals surface area contributed by atoms with Gasteiger partial charge in [0.25, 0.3) is 0 Å². The van der Waals surface area contributed by atoms with E-state index in [4.69, 9.17) is 5.73 Å². The molecule has 1 fully saturated rings. The molecule has 2 aromatic rings. The number of halogens is 1. The summed E-state index contributed by atoms with van der Waals surface area (Å²) in [4.78, 5) is 20.8. The number of nitrogens with zero attached hydrogens (tertiary/aromatic N) is 3. The number of carbonyl (C=O) groups excluding carboxylic acids is 1. The molecule has 1 aliphatic rings. The Morgan fingerprint density at radius 3 is 2.33 bits per heavy atom. The third-order valence-corrected chi connectivity index (χ3v) is 4.67. The van der Waals surface area contributed by atoms with Crippen molar-refractivity contribution in [2.45, 2.75) is 31.6 Å². The van der Waals surface area contributed by atoms with E-state index in [0.717, 1.165) is 38.1 Å². The number of nitrogens with two attached hydrogens (primary N) is 1. The van der Waals surface area contributed by atoms with Crippen LogP contribution in [0.4, 0.5) is 15.1 Å². The van der Waals surface area contributed by atoms with Crippen LogP contribution in [0.3, 0.4) is 0 Å². The first-order chi connectivity index (χ1) is 11.6. The van der Waals surface area contributed by atoms with Crippen molar-refractivity contribution in [1.29, 1.82) is 0 Å². The van der Waals surface area contributed by atoms with Gasteiger partial charge in [-0.25, -0.2) is 19.2 Å². The summed E-state index contributed by atoms with van der Waals surface area (Å²) in [5.74, 6) is 0.554. The van der Waals surface area contributed by atoms with Crippen LogP contribution in [-0.4, -0.2) is 22.5 Å². The Hall–Kier alpha value is -2.50. The molecule has 0 bridgehead atoms. The van der Waals surface area contributed by atoms with Gasteiger partial charge in [-0.3, -0.25) is 4.90 Å². The van der Waals surface area contributed by atoms with Gasteiger partial charge in [0.2, 0.25) is 5.95 Å². The first-order valence-corrected chi connectivity index (χ1v) is 8.23. The summed E-state index contributed by atoms with van der Waals surface area (Å²) >= 11 is 0. The number of aromatic nitrogens is 2. The Morgan fingerprint density at radius 2 is 1.75 bits per heavy atom. The first kappa shape index (κ1) is 16.4. The van der Waals surface area contributed by atoms with Gasteiger partial charge in [0.15, 0.2) is 5.82 Å². The number of amides is 2. The number of benzene rings is 1. The molecule has 1 heterocycles. The molecule has 0 unspecified atom stereocenters. The minimum Gasteiger partial charge on any atom is -0.351 e. The summed E-state index contributed by atoms with van der Waals surface area (Å²) in [5.41, 5.74) is 6.83. The SMILES string of the molecule is NC(=O)N(CC1CCC(c2ccccc2)CC1)c1ncc(F)cn1. The second kappa shape index (κ2) is 7.38. The molecule has 1 aliphatic carbocycles. The number of hydrogen-bond donors (Lipinski definition) is 1. The summed E-state index contributed by atoms with van der Waals surface area (Å²) < 4.78 is 13.0. The third-order valence-electron chi connectivity index (χ3n) is 4.67. The van der Waals surface area contributed by atoms with Crippen LogP contribution in [-0.2, 0) is 0 Å². The molecule has 1 aromatic heterocycles. The van der Waals surface area contributed by atoms with Crippen LogP contribution in [0, 0.1) is 11.7 Å². The standard InChI is InChI=1S/C18H21FN4O/c19-16-10-21-18(22-11-16)23(17(20)24)12-13-6-8-15(9-7-13)14-4-2-1-3-5-14/h1-5,10-11,13,15H,6-9,12H2,(H2,20,24). The molecule has 0 spiro atoms. The van der Waals surface area contributed by atoms with Gasteiger partial charge in [-0.1, -0.05) is 30.3 Å². The average Bonchev–Trinajstić information content (AvgIpc) is 2.62. The molecule has 0 atom stereocenters. The third kappa shape index (κ3) is 3.88.